The second-order valence-electron chi connectivity index (χ2n) is 1.63. The Labute approximate surface area is 66.8 Å². The third-order valence-corrected chi connectivity index (χ3v) is 1.86. The lowest BCUT2D eigenvalue weighted by atomic mass is 10.6. The van der Waals surface area contributed by atoms with Crippen molar-refractivity contribution in [3.63, 3.8) is 0 Å². The van der Waals surface area contributed by atoms with Crippen LogP contribution < -0.4 is 0 Å². The van der Waals surface area contributed by atoms with E-state index in [1.54, 1.807) is 6.21 Å². The van der Waals surface area contributed by atoms with Crippen molar-refractivity contribution in [2.45, 2.75) is 0 Å². The molecular weight excluding hydrogens is 164 g/mol. The van der Waals surface area contributed by atoms with Crippen molar-refractivity contribution in [2.24, 2.45) is 10.1 Å². The van der Waals surface area contributed by atoms with E-state index in [0.29, 0.717) is 10.7 Å². The molecule has 0 atom stereocenters. The van der Waals surface area contributed by atoms with Crippen molar-refractivity contribution in [3.05, 3.63) is 21.5 Å². The van der Waals surface area contributed by atoms with Crippen LogP contribution in [0.1, 0.15) is 0 Å². The summed E-state index contributed by atoms with van der Waals surface area (Å²) in [6, 6.07) is 0. The van der Waals surface area contributed by atoms with Crippen LogP contribution in [0.4, 0.5) is 0 Å². The van der Waals surface area contributed by atoms with Gasteiger partial charge in [-0.3, -0.25) is 9.79 Å². The summed E-state index contributed by atoms with van der Waals surface area (Å²) < 4.78 is 0. The van der Waals surface area contributed by atoms with Gasteiger partial charge < -0.3 is 0 Å². The molecule has 0 aliphatic carbocycles. The first-order valence-corrected chi connectivity index (χ1v) is 3.77. The molecule has 0 saturated carbocycles. The molecule has 0 saturated heterocycles. The van der Waals surface area contributed by atoms with Crippen LogP contribution in [0.25, 0.3) is 10.4 Å². The van der Waals surface area contributed by atoms with Gasteiger partial charge in [-0.25, -0.2) is 0 Å². The summed E-state index contributed by atoms with van der Waals surface area (Å²) in [6.45, 7) is 0. The minimum absolute atomic E-state index is 0.394. The molecule has 56 valence electrons. The van der Waals surface area contributed by atoms with Crippen molar-refractivity contribution in [1.29, 1.82) is 0 Å². The largest absolute Gasteiger partial charge is 0.286 e. The molecule has 11 heavy (non-hydrogen) atoms. The van der Waals surface area contributed by atoms with Crippen LogP contribution in [0.2, 0.25) is 0 Å². The number of nitrogens with zero attached hydrogens (tertiary/aromatic N) is 4. The Morgan fingerprint density at radius 3 is 3.27 bits per heavy atom. The van der Waals surface area contributed by atoms with Gasteiger partial charge in [0.05, 0.1) is 4.91 Å². The average Bonchev–Trinajstić information content (AvgIpc) is 2.07. The molecule has 6 heteroatoms. The van der Waals surface area contributed by atoms with E-state index in [0.717, 1.165) is 0 Å². The predicted molar refractivity (Wildman–Crippen MR) is 43.2 cm³/mol. The van der Waals surface area contributed by atoms with E-state index >= 15 is 0 Å². The fourth-order valence-electron chi connectivity index (χ4n) is 0.535. The van der Waals surface area contributed by atoms with Gasteiger partial charge >= 0.3 is 0 Å². The lowest BCUT2D eigenvalue weighted by molar-refractivity contribution is -0.113. The van der Waals surface area contributed by atoms with E-state index in [1.165, 1.54) is 18.0 Å². The molecule has 1 amide bonds. The van der Waals surface area contributed by atoms with Gasteiger partial charge in [-0.2, -0.15) is 0 Å². The first-order valence-electron chi connectivity index (χ1n) is 2.78. The Morgan fingerprint density at radius 2 is 2.73 bits per heavy atom. The maximum absolute atomic E-state index is 10.8. The minimum atomic E-state index is -0.561. The Balaban J connectivity index is 2.74. The Hall–Kier alpha value is -1.26. The number of carbonyl (C=O) groups is 1. The molecule has 0 radical (unpaired) electrons. The number of aliphatic imine (C=N–C) groups is 1. The molecule has 1 rings (SSSR count). The summed E-state index contributed by atoms with van der Waals surface area (Å²) in [5, 5.41) is 2.93. The summed E-state index contributed by atoms with van der Waals surface area (Å²) in [4.78, 5) is 17.3. The van der Waals surface area contributed by atoms with Crippen molar-refractivity contribution in [3.8, 4) is 0 Å². The average molecular weight is 168 g/mol. The van der Waals surface area contributed by atoms with E-state index in [4.69, 9.17) is 5.53 Å². The second kappa shape index (κ2) is 3.80. The van der Waals surface area contributed by atoms with Gasteiger partial charge in [-0.05, 0) is 10.6 Å². The van der Waals surface area contributed by atoms with Crippen LogP contribution in [-0.4, -0.2) is 17.9 Å². The fourth-order valence-corrected chi connectivity index (χ4v) is 1.17. The summed E-state index contributed by atoms with van der Waals surface area (Å²) in [5.41, 5.74) is 7.93. The van der Waals surface area contributed by atoms with Gasteiger partial charge in [-0.1, -0.05) is 0 Å². The van der Waals surface area contributed by atoms with E-state index < -0.39 is 5.91 Å². The molecule has 0 bridgehead atoms. The van der Waals surface area contributed by atoms with Gasteiger partial charge in [0.15, 0.2) is 0 Å². The highest BCUT2D eigenvalue weighted by Crippen LogP contribution is 2.18. The molecule has 0 aromatic rings. The quantitative estimate of drug-likeness (QED) is 0.337. The Morgan fingerprint density at radius 1 is 1.91 bits per heavy atom. The van der Waals surface area contributed by atoms with Crippen molar-refractivity contribution in [2.75, 3.05) is 5.75 Å². The Kier molecular flexibility index (Phi) is 2.71. The van der Waals surface area contributed by atoms with Crippen LogP contribution in [0.15, 0.2) is 21.2 Å². The number of carbonyl (C=O) groups excluding carboxylic acids is 1. The Bertz CT molecular complexity index is 276. The smallest absolute Gasteiger partial charge is 0.257 e. The summed E-state index contributed by atoms with van der Waals surface area (Å²) >= 11 is 1.31. The molecule has 1 heterocycles. The van der Waals surface area contributed by atoms with Crippen molar-refractivity contribution in [1.82, 2.24) is 0 Å². The predicted octanol–water partition coefficient (Wildman–Crippen LogP) is 1.48. The van der Waals surface area contributed by atoms with Gasteiger partial charge in [-0.15, -0.1) is 11.8 Å². The number of hydrogen-bond donors (Lipinski definition) is 0. The highest BCUT2D eigenvalue weighted by atomic mass is 32.2. The fraction of sp³-hybridized carbons (Fsp3) is 0.200. The van der Waals surface area contributed by atoms with Crippen LogP contribution >= 0.6 is 11.8 Å². The maximum Gasteiger partial charge on any atom is 0.257 e. The third-order valence-electron chi connectivity index (χ3n) is 0.957. The van der Waals surface area contributed by atoms with Gasteiger partial charge in [0.2, 0.25) is 0 Å². The number of hydrogen-bond acceptors (Lipinski definition) is 3. The molecule has 0 aromatic carbocycles. The highest BCUT2D eigenvalue weighted by molar-refractivity contribution is 8.04. The van der Waals surface area contributed by atoms with Crippen LogP contribution in [0.3, 0.4) is 0 Å². The minimum Gasteiger partial charge on any atom is -0.286 e. The standard InChI is InChI=1S/C5H4N4OS/c6-9-8-5(10)4-3-7-1-2-11-4/h1,3H,2H2. The lowest BCUT2D eigenvalue weighted by Crippen LogP contribution is -1.98. The summed E-state index contributed by atoms with van der Waals surface area (Å²) in [5.74, 6) is 0.0905. The maximum atomic E-state index is 10.8. The van der Waals surface area contributed by atoms with Crippen LogP contribution in [0, 0.1) is 0 Å². The normalized spacial score (nSPS) is 15.1. The van der Waals surface area contributed by atoms with Crippen LogP contribution in [0.5, 0.6) is 0 Å². The molecular formula is C5H4N4OS. The second-order valence-corrected chi connectivity index (χ2v) is 2.69. The van der Waals surface area contributed by atoms with E-state index in [1.807, 2.05) is 0 Å². The highest BCUT2D eigenvalue weighted by Gasteiger charge is 2.08. The summed E-state index contributed by atoms with van der Waals surface area (Å²) in [7, 11) is 0. The molecule has 0 unspecified atom stereocenters. The van der Waals surface area contributed by atoms with Crippen LogP contribution in [-0.2, 0) is 4.79 Å². The molecule has 1 aliphatic rings. The summed E-state index contributed by atoms with van der Waals surface area (Å²) in [6.07, 6.45) is 3.07. The topological polar surface area (TPSA) is 78.2 Å². The monoisotopic (exact) mass is 168 g/mol. The number of rotatable bonds is 1. The third kappa shape index (κ3) is 2.10. The molecule has 0 fully saturated rings. The lowest BCUT2D eigenvalue weighted by Gasteiger charge is -2.01. The number of thioether (sulfide) groups is 1. The number of azide groups is 1. The first kappa shape index (κ1) is 7.84. The van der Waals surface area contributed by atoms with Gasteiger partial charge in [0.1, 0.15) is 0 Å². The zero-order chi connectivity index (χ0) is 8.10. The van der Waals surface area contributed by atoms with Gasteiger partial charge in [0.25, 0.3) is 5.91 Å². The first-order chi connectivity index (χ1) is 5.34. The van der Waals surface area contributed by atoms with Gasteiger partial charge in [0, 0.05) is 23.1 Å². The number of amides is 1. The van der Waals surface area contributed by atoms with E-state index in [-0.39, 0.29) is 0 Å². The molecule has 0 N–H and O–H groups in total. The SMILES string of the molecule is [N-]=[N+]=NC(=O)C1=CN=CCS1. The van der Waals surface area contributed by atoms with E-state index in [2.05, 4.69) is 15.0 Å². The zero-order valence-corrected chi connectivity index (χ0v) is 6.28. The molecule has 0 aromatic heterocycles. The van der Waals surface area contributed by atoms with E-state index in [9.17, 15) is 4.79 Å². The van der Waals surface area contributed by atoms with Crippen molar-refractivity contribution < 1.29 is 4.79 Å². The molecule has 5 nitrogen and oxygen atoms in total. The van der Waals surface area contributed by atoms with Crippen molar-refractivity contribution >= 4 is 23.9 Å². The molecule has 1 aliphatic heterocycles. The zero-order valence-electron chi connectivity index (χ0n) is 5.47. The molecule has 0 spiro atoms.